The number of carboxylic acid groups (broad SMARTS) is 1. The third-order valence-corrected chi connectivity index (χ3v) is 4.12. The van der Waals surface area contributed by atoms with Crippen LogP contribution >= 0.6 is 0 Å². The third kappa shape index (κ3) is 21.0. The topological polar surface area (TPSA) is 37.3 Å². The highest BCUT2D eigenvalue weighted by atomic mass is 16.4. The van der Waals surface area contributed by atoms with E-state index >= 15 is 0 Å². The zero-order valence-electron chi connectivity index (χ0n) is 15.3. The molecule has 23 heavy (non-hydrogen) atoms. The van der Waals surface area contributed by atoms with E-state index in [1.165, 1.54) is 70.6 Å². The minimum atomic E-state index is -0.667. The summed E-state index contributed by atoms with van der Waals surface area (Å²) in [5, 5.41) is 8.54. The molecule has 0 rings (SSSR count). The molecule has 0 aliphatic rings. The van der Waals surface area contributed by atoms with Gasteiger partial charge in [-0.2, -0.15) is 0 Å². The molecule has 0 fully saturated rings. The predicted molar refractivity (Wildman–Crippen MR) is 101 cm³/mol. The number of aliphatic carboxylic acids is 1. The van der Waals surface area contributed by atoms with Crippen LogP contribution in [0.2, 0.25) is 0 Å². The van der Waals surface area contributed by atoms with Crippen molar-refractivity contribution >= 4 is 5.97 Å². The van der Waals surface area contributed by atoms with Gasteiger partial charge in [0.25, 0.3) is 0 Å². The number of unbranched alkanes of at least 4 members (excludes halogenated alkanes) is 12. The van der Waals surface area contributed by atoms with Gasteiger partial charge >= 0.3 is 5.97 Å². The van der Waals surface area contributed by atoms with Crippen LogP contribution in [-0.4, -0.2) is 11.1 Å². The number of carbonyl (C=O) groups is 1. The van der Waals surface area contributed by atoms with E-state index in [9.17, 15) is 4.79 Å². The average molecular weight is 323 g/mol. The van der Waals surface area contributed by atoms with Crippen LogP contribution in [0.4, 0.5) is 0 Å². The first-order valence-electron chi connectivity index (χ1n) is 9.80. The zero-order chi connectivity index (χ0) is 17.0. The van der Waals surface area contributed by atoms with Crippen LogP contribution in [0.25, 0.3) is 0 Å². The zero-order valence-corrected chi connectivity index (χ0v) is 15.3. The first-order valence-corrected chi connectivity index (χ1v) is 9.80. The summed E-state index contributed by atoms with van der Waals surface area (Å²) in [5.41, 5.74) is 0. The summed E-state index contributed by atoms with van der Waals surface area (Å²) in [5.74, 6) is -0.667. The summed E-state index contributed by atoms with van der Waals surface area (Å²) < 4.78 is 0. The maximum absolute atomic E-state index is 10.4. The van der Waals surface area contributed by atoms with Crippen molar-refractivity contribution in [2.45, 2.75) is 103 Å². The molecule has 0 saturated heterocycles. The fourth-order valence-corrected chi connectivity index (χ4v) is 2.64. The molecule has 0 saturated carbocycles. The number of allylic oxidation sites excluding steroid dienone is 4. The van der Waals surface area contributed by atoms with Gasteiger partial charge in [0.15, 0.2) is 0 Å². The Balaban J connectivity index is 3.18. The molecule has 0 bridgehead atoms. The number of carboxylic acids is 1. The maximum atomic E-state index is 10.4. The van der Waals surface area contributed by atoms with Crippen molar-refractivity contribution in [3.63, 3.8) is 0 Å². The first kappa shape index (κ1) is 21.9. The summed E-state index contributed by atoms with van der Waals surface area (Å²) in [7, 11) is 0. The molecule has 2 nitrogen and oxygen atoms in total. The van der Waals surface area contributed by atoms with Gasteiger partial charge in [-0.1, -0.05) is 89.0 Å². The largest absolute Gasteiger partial charge is 0.481 e. The van der Waals surface area contributed by atoms with Gasteiger partial charge in [0.2, 0.25) is 0 Å². The minimum absolute atomic E-state index is 0.327. The molecule has 0 spiro atoms. The van der Waals surface area contributed by atoms with Crippen molar-refractivity contribution in [2.75, 3.05) is 0 Å². The Morgan fingerprint density at radius 3 is 1.61 bits per heavy atom. The second-order valence-electron chi connectivity index (χ2n) is 6.47. The Morgan fingerprint density at radius 2 is 1.13 bits per heavy atom. The molecule has 0 unspecified atom stereocenters. The van der Waals surface area contributed by atoms with Gasteiger partial charge in [-0.25, -0.2) is 0 Å². The molecule has 0 aliphatic carbocycles. The van der Waals surface area contributed by atoms with E-state index in [2.05, 4.69) is 31.2 Å². The second kappa shape index (κ2) is 19.0. The summed E-state index contributed by atoms with van der Waals surface area (Å²) in [6, 6.07) is 0. The van der Waals surface area contributed by atoms with Crippen LogP contribution in [0, 0.1) is 0 Å². The van der Waals surface area contributed by atoms with E-state index in [0.29, 0.717) is 6.42 Å². The smallest absolute Gasteiger partial charge is 0.303 e. The van der Waals surface area contributed by atoms with Crippen molar-refractivity contribution in [1.29, 1.82) is 0 Å². The molecule has 1 N–H and O–H groups in total. The van der Waals surface area contributed by atoms with Crippen molar-refractivity contribution in [2.24, 2.45) is 0 Å². The monoisotopic (exact) mass is 322 g/mol. The second-order valence-corrected chi connectivity index (χ2v) is 6.47. The van der Waals surface area contributed by atoms with Gasteiger partial charge < -0.3 is 5.11 Å². The molecule has 0 aromatic heterocycles. The third-order valence-electron chi connectivity index (χ3n) is 4.12. The molecule has 0 radical (unpaired) electrons. The van der Waals surface area contributed by atoms with Gasteiger partial charge in [-0.15, -0.1) is 0 Å². The molecule has 0 aliphatic heterocycles. The van der Waals surface area contributed by atoms with E-state index in [0.717, 1.165) is 19.3 Å². The lowest BCUT2D eigenvalue weighted by Gasteiger charge is -1.99. The molecule has 0 amide bonds. The van der Waals surface area contributed by atoms with Crippen LogP contribution in [-0.2, 0) is 4.79 Å². The fourth-order valence-electron chi connectivity index (χ4n) is 2.64. The van der Waals surface area contributed by atoms with Gasteiger partial charge in [0.05, 0.1) is 0 Å². The van der Waals surface area contributed by atoms with Crippen LogP contribution in [0.3, 0.4) is 0 Å². The summed E-state index contributed by atoms with van der Waals surface area (Å²) in [4.78, 5) is 10.4. The van der Waals surface area contributed by atoms with E-state index < -0.39 is 5.97 Å². The van der Waals surface area contributed by atoms with Crippen LogP contribution in [0.15, 0.2) is 24.3 Å². The van der Waals surface area contributed by atoms with Gasteiger partial charge in [-0.3, -0.25) is 4.79 Å². The first-order chi connectivity index (χ1) is 11.3. The number of hydrogen-bond acceptors (Lipinski definition) is 1. The highest BCUT2D eigenvalue weighted by Gasteiger charge is 1.96. The normalized spacial score (nSPS) is 11.7. The van der Waals surface area contributed by atoms with Gasteiger partial charge in [0, 0.05) is 6.42 Å². The highest BCUT2D eigenvalue weighted by Crippen LogP contribution is 2.09. The Labute approximate surface area is 144 Å². The molecule has 0 aromatic rings. The van der Waals surface area contributed by atoms with Crippen LogP contribution in [0.5, 0.6) is 0 Å². The van der Waals surface area contributed by atoms with Crippen molar-refractivity contribution < 1.29 is 9.90 Å². The quantitative estimate of drug-likeness (QED) is 0.230. The summed E-state index contributed by atoms with van der Waals surface area (Å²) in [6.45, 7) is 2.26. The summed E-state index contributed by atoms with van der Waals surface area (Å²) in [6.07, 6.45) is 26.7. The molecule has 0 heterocycles. The standard InChI is InChI=1S/C21H38O2/c1-2-3-4-5-6-7-8-9-10-11-12-13-14-15-16-17-18-19-20-21(22)23/h9-12H,2-8,13-20H2,1H3,(H,22,23)/b10-9-,12-11+. The molecule has 134 valence electrons. The number of rotatable bonds is 17. The molecular formula is C21H38O2. The lowest BCUT2D eigenvalue weighted by atomic mass is 10.1. The van der Waals surface area contributed by atoms with Gasteiger partial charge in [0.1, 0.15) is 0 Å². The molecule has 2 heteroatoms. The minimum Gasteiger partial charge on any atom is -0.481 e. The average Bonchev–Trinajstić information content (AvgIpc) is 2.53. The van der Waals surface area contributed by atoms with Crippen molar-refractivity contribution in [3.05, 3.63) is 24.3 Å². The Morgan fingerprint density at radius 1 is 0.696 bits per heavy atom. The lowest BCUT2D eigenvalue weighted by molar-refractivity contribution is -0.137. The predicted octanol–water partition coefficient (Wildman–Crippen LogP) is 7.05. The van der Waals surface area contributed by atoms with Crippen LogP contribution in [0.1, 0.15) is 103 Å². The van der Waals surface area contributed by atoms with E-state index in [-0.39, 0.29) is 0 Å². The van der Waals surface area contributed by atoms with Crippen molar-refractivity contribution in [3.8, 4) is 0 Å². The maximum Gasteiger partial charge on any atom is 0.303 e. The Kier molecular flexibility index (Phi) is 18.1. The van der Waals surface area contributed by atoms with Gasteiger partial charge in [-0.05, 0) is 32.1 Å². The molecule has 0 atom stereocenters. The van der Waals surface area contributed by atoms with Crippen molar-refractivity contribution in [1.82, 2.24) is 0 Å². The Bertz CT molecular complexity index is 305. The fraction of sp³-hybridized carbons (Fsp3) is 0.762. The molecule has 0 aromatic carbocycles. The van der Waals surface area contributed by atoms with Crippen LogP contribution < -0.4 is 0 Å². The SMILES string of the molecule is CCCCCCCC/C=C\C=C\CCCCCCCCC(=O)O. The highest BCUT2D eigenvalue weighted by molar-refractivity contribution is 5.66. The number of hydrogen-bond donors (Lipinski definition) is 1. The van der Waals surface area contributed by atoms with E-state index in [1.54, 1.807) is 0 Å². The van der Waals surface area contributed by atoms with E-state index in [1.807, 2.05) is 0 Å². The molecular weight excluding hydrogens is 284 g/mol. The Hall–Kier alpha value is -1.05. The summed E-state index contributed by atoms with van der Waals surface area (Å²) >= 11 is 0. The van der Waals surface area contributed by atoms with E-state index in [4.69, 9.17) is 5.11 Å². The lowest BCUT2D eigenvalue weighted by Crippen LogP contribution is -1.93.